The molecule has 88 valence electrons. The van der Waals surface area contributed by atoms with Crippen molar-refractivity contribution < 1.29 is 12.7 Å². The standard InChI is InChI=1S/C11H10N2O3S/c1-17(14,15)16-13-11(9-12)8-7-10-5-3-2-4-6-10/h2-8H,1H3. The molecule has 0 radical (unpaired) electrons. The van der Waals surface area contributed by atoms with Gasteiger partial charge in [0.25, 0.3) is 0 Å². The first-order valence-corrected chi connectivity index (χ1v) is 6.43. The van der Waals surface area contributed by atoms with Crippen molar-refractivity contribution in [3.05, 3.63) is 42.0 Å². The van der Waals surface area contributed by atoms with Crippen LogP contribution < -0.4 is 0 Å². The summed E-state index contributed by atoms with van der Waals surface area (Å²) in [7, 11) is -3.68. The number of hydrogen-bond donors (Lipinski definition) is 0. The van der Waals surface area contributed by atoms with E-state index in [1.165, 1.54) is 6.08 Å². The Labute approximate surface area is 99.8 Å². The fourth-order valence-electron chi connectivity index (χ4n) is 0.935. The van der Waals surface area contributed by atoms with Crippen LogP contribution in [-0.2, 0) is 14.4 Å². The molecule has 1 rings (SSSR count). The summed E-state index contributed by atoms with van der Waals surface area (Å²) in [4.78, 5) is 0. The molecule has 0 atom stereocenters. The van der Waals surface area contributed by atoms with Gasteiger partial charge in [-0.25, -0.2) is 0 Å². The quantitative estimate of drug-likeness (QED) is 0.600. The summed E-state index contributed by atoms with van der Waals surface area (Å²) in [6, 6.07) is 10.9. The highest BCUT2D eigenvalue weighted by Crippen LogP contribution is 2.01. The largest absolute Gasteiger partial charge is 0.325 e. The molecule has 0 fully saturated rings. The van der Waals surface area contributed by atoms with Gasteiger partial charge in [0.15, 0.2) is 5.71 Å². The Balaban J connectivity index is 2.79. The van der Waals surface area contributed by atoms with E-state index in [1.807, 2.05) is 30.3 Å². The summed E-state index contributed by atoms with van der Waals surface area (Å²) in [5.74, 6) is 0. The first kappa shape index (κ1) is 12.9. The predicted molar refractivity (Wildman–Crippen MR) is 64.5 cm³/mol. The Morgan fingerprint density at radius 1 is 1.41 bits per heavy atom. The number of nitrogens with zero attached hydrogens (tertiary/aromatic N) is 2. The average Bonchev–Trinajstić information content (AvgIpc) is 2.29. The van der Waals surface area contributed by atoms with Crippen molar-refractivity contribution in [2.24, 2.45) is 5.16 Å². The topological polar surface area (TPSA) is 79.5 Å². The average molecular weight is 250 g/mol. The van der Waals surface area contributed by atoms with Gasteiger partial charge in [-0.05, 0) is 11.6 Å². The molecular weight excluding hydrogens is 240 g/mol. The fraction of sp³-hybridized carbons (Fsp3) is 0.0909. The van der Waals surface area contributed by atoms with Crippen LogP contribution in [0.2, 0.25) is 0 Å². The number of hydrogen-bond acceptors (Lipinski definition) is 5. The van der Waals surface area contributed by atoms with Crippen molar-refractivity contribution in [2.75, 3.05) is 6.26 Å². The summed E-state index contributed by atoms with van der Waals surface area (Å²) >= 11 is 0. The maximum atomic E-state index is 10.7. The van der Waals surface area contributed by atoms with E-state index in [-0.39, 0.29) is 5.71 Å². The van der Waals surface area contributed by atoms with Crippen molar-refractivity contribution >= 4 is 21.9 Å². The van der Waals surface area contributed by atoms with E-state index in [0.29, 0.717) is 0 Å². The Bertz CT molecular complexity index is 568. The maximum Gasteiger partial charge on any atom is 0.325 e. The van der Waals surface area contributed by atoms with Crippen LogP contribution in [0.5, 0.6) is 0 Å². The molecule has 0 N–H and O–H groups in total. The van der Waals surface area contributed by atoms with Gasteiger partial charge in [0, 0.05) is 0 Å². The molecule has 6 heteroatoms. The molecule has 0 bridgehead atoms. The molecule has 0 heterocycles. The van der Waals surface area contributed by atoms with E-state index in [2.05, 4.69) is 9.44 Å². The minimum atomic E-state index is -3.68. The van der Waals surface area contributed by atoms with Crippen molar-refractivity contribution in [2.45, 2.75) is 0 Å². The number of rotatable bonds is 4. The maximum absolute atomic E-state index is 10.7. The van der Waals surface area contributed by atoms with Gasteiger partial charge in [0.2, 0.25) is 0 Å². The highest BCUT2D eigenvalue weighted by atomic mass is 32.2. The minimum Gasteiger partial charge on any atom is -0.267 e. The number of allylic oxidation sites excluding steroid dienone is 1. The monoisotopic (exact) mass is 250 g/mol. The Morgan fingerprint density at radius 3 is 2.59 bits per heavy atom. The third kappa shape index (κ3) is 5.49. The molecule has 0 saturated carbocycles. The molecule has 17 heavy (non-hydrogen) atoms. The van der Waals surface area contributed by atoms with Crippen LogP contribution in [0.25, 0.3) is 6.08 Å². The summed E-state index contributed by atoms with van der Waals surface area (Å²) < 4.78 is 25.5. The highest BCUT2D eigenvalue weighted by molar-refractivity contribution is 7.85. The van der Waals surface area contributed by atoms with Gasteiger partial charge >= 0.3 is 10.1 Å². The van der Waals surface area contributed by atoms with Crippen LogP contribution in [-0.4, -0.2) is 20.4 Å². The van der Waals surface area contributed by atoms with E-state index in [1.54, 1.807) is 12.1 Å². The second-order valence-electron chi connectivity index (χ2n) is 3.11. The fourth-order valence-corrected chi connectivity index (χ4v) is 1.15. The summed E-state index contributed by atoms with van der Waals surface area (Å²) in [5.41, 5.74) is 0.745. The molecular formula is C11H10N2O3S. The van der Waals surface area contributed by atoms with Crippen molar-refractivity contribution in [1.82, 2.24) is 0 Å². The molecule has 0 aliphatic rings. The zero-order valence-corrected chi connectivity index (χ0v) is 9.89. The van der Waals surface area contributed by atoms with E-state index in [9.17, 15) is 8.42 Å². The molecule has 0 unspecified atom stereocenters. The van der Waals surface area contributed by atoms with Crippen molar-refractivity contribution in [3.63, 3.8) is 0 Å². The van der Waals surface area contributed by atoms with Gasteiger partial charge in [-0.2, -0.15) is 13.7 Å². The minimum absolute atomic E-state index is 0.126. The summed E-state index contributed by atoms with van der Waals surface area (Å²) in [6.07, 6.45) is 3.86. The summed E-state index contributed by atoms with van der Waals surface area (Å²) in [6.45, 7) is 0. The lowest BCUT2D eigenvalue weighted by atomic mass is 10.2. The van der Waals surface area contributed by atoms with E-state index < -0.39 is 10.1 Å². The Kier molecular flexibility index (Phi) is 4.43. The SMILES string of the molecule is CS(=O)(=O)ON=C(C#N)C=Cc1ccccc1. The van der Waals surface area contributed by atoms with Crippen molar-refractivity contribution in [1.29, 1.82) is 5.26 Å². The lowest BCUT2D eigenvalue weighted by Gasteiger charge is -1.93. The lowest BCUT2D eigenvalue weighted by Crippen LogP contribution is -1.99. The van der Waals surface area contributed by atoms with E-state index in [0.717, 1.165) is 11.8 Å². The summed E-state index contributed by atoms with van der Waals surface area (Å²) in [5, 5.41) is 11.9. The van der Waals surface area contributed by atoms with Gasteiger partial charge in [0.05, 0.1) is 6.26 Å². The number of nitriles is 1. The molecule has 0 aliphatic carbocycles. The number of oxime groups is 1. The number of benzene rings is 1. The van der Waals surface area contributed by atoms with Crippen LogP contribution in [0.1, 0.15) is 5.56 Å². The van der Waals surface area contributed by atoms with Crippen LogP contribution in [0.4, 0.5) is 0 Å². The second kappa shape index (κ2) is 5.82. The first-order chi connectivity index (χ1) is 8.01. The van der Waals surface area contributed by atoms with Crippen LogP contribution in [0.15, 0.2) is 41.6 Å². The predicted octanol–water partition coefficient (Wildman–Crippen LogP) is 1.56. The zero-order valence-electron chi connectivity index (χ0n) is 9.07. The molecule has 0 amide bonds. The molecule has 1 aromatic rings. The van der Waals surface area contributed by atoms with Crippen LogP contribution in [0.3, 0.4) is 0 Å². The van der Waals surface area contributed by atoms with Gasteiger partial charge in [-0.1, -0.05) is 41.6 Å². The molecule has 0 aliphatic heterocycles. The Morgan fingerprint density at radius 2 is 2.06 bits per heavy atom. The smallest absolute Gasteiger partial charge is 0.267 e. The zero-order chi connectivity index (χ0) is 12.7. The third-order valence-electron chi connectivity index (χ3n) is 1.62. The normalized spacial score (nSPS) is 12.4. The van der Waals surface area contributed by atoms with Gasteiger partial charge in [0.1, 0.15) is 6.07 Å². The van der Waals surface area contributed by atoms with Gasteiger partial charge < -0.3 is 0 Å². The molecule has 1 aromatic carbocycles. The third-order valence-corrected chi connectivity index (χ3v) is 1.96. The molecule has 0 aromatic heterocycles. The Hall–Kier alpha value is -2.13. The van der Waals surface area contributed by atoms with Crippen LogP contribution in [0, 0.1) is 11.3 Å². The van der Waals surface area contributed by atoms with Crippen molar-refractivity contribution in [3.8, 4) is 6.07 Å². The molecule has 5 nitrogen and oxygen atoms in total. The molecule has 0 saturated heterocycles. The highest BCUT2D eigenvalue weighted by Gasteiger charge is 2.00. The van der Waals surface area contributed by atoms with Gasteiger partial charge in [-0.15, -0.1) is 0 Å². The van der Waals surface area contributed by atoms with Gasteiger partial charge in [-0.3, -0.25) is 4.28 Å². The van der Waals surface area contributed by atoms with E-state index in [4.69, 9.17) is 5.26 Å². The van der Waals surface area contributed by atoms with Crippen LogP contribution >= 0.6 is 0 Å². The lowest BCUT2D eigenvalue weighted by molar-refractivity contribution is 0.344. The van der Waals surface area contributed by atoms with E-state index >= 15 is 0 Å². The second-order valence-corrected chi connectivity index (χ2v) is 4.67. The first-order valence-electron chi connectivity index (χ1n) is 4.61. The molecule has 0 spiro atoms.